The van der Waals surface area contributed by atoms with E-state index < -0.39 is 0 Å². The summed E-state index contributed by atoms with van der Waals surface area (Å²) in [6, 6.07) is 0.351. The molecule has 2 atom stereocenters. The van der Waals surface area contributed by atoms with Gasteiger partial charge in [-0.1, -0.05) is 6.42 Å². The molecule has 3 heteroatoms. The van der Waals surface area contributed by atoms with E-state index in [0.717, 1.165) is 19.3 Å². The van der Waals surface area contributed by atoms with Gasteiger partial charge in [-0.2, -0.15) is 0 Å². The van der Waals surface area contributed by atoms with E-state index in [2.05, 4.69) is 6.92 Å². The smallest absolute Gasteiger partial charge is 0.222 e. The maximum atomic E-state index is 11.7. The third-order valence-corrected chi connectivity index (χ3v) is 2.90. The van der Waals surface area contributed by atoms with E-state index in [1.54, 1.807) is 6.92 Å². The topological polar surface area (TPSA) is 40.5 Å². The van der Waals surface area contributed by atoms with Crippen LogP contribution in [0.4, 0.5) is 0 Å². The summed E-state index contributed by atoms with van der Waals surface area (Å²) in [6.45, 7) is 4.58. The van der Waals surface area contributed by atoms with Crippen molar-refractivity contribution in [1.82, 2.24) is 4.90 Å². The Morgan fingerprint density at radius 1 is 1.57 bits per heavy atom. The lowest BCUT2D eigenvalue weighted by Crippen LogP contribution is -2.38. The zero-order valence-corrected chi connectivity index (χ0v) is 9.20. The second-order valence-corrected chi connectivity index (χ2v) is 4.32. The van der Waals surface area contributed by atoms with Gasteiger partial charge in [0.25, 0.3) is 0 Å². The summed E-state index contributed by atoms with van der Waals surface area (Å²) in [7, 11) is 0. The van der Waals surface area contributed by atoms with Gasteiger partial charge < -0.3 is 10.0 Å². The highest BCUT2D eigenvalue weighted by molar-refractivity contribution is 5.76. The van der Waals surface area contributed by atoms with E-state index in [1.165, 1.54) is 0 Å². The van der Waals surface area contributed by atoms with Gasteiger partial charge in [-0.25, -0.2) is 0 Å². The van der Waals surface area contributed by atoms with Crippen molar-refractivity contribution in [3.63, 3.8) is 0 Å². The third-order valence-electron chi connectivity index (χ3n) is 2.90. The molecule has 1 saturated heterocycles. The van der Waals surface area contributed by atoms with Crippen LogP contribution < -0.4 is 0 Å². The molecule has 2 unspecified atom stereocenters. The number of rotatable bonds is 3. The summed E-state index contributed by atoms with van der Waals surface area (Å²) in [5.41, 5.74) is 0. The highest BCUT2D eigenvalue weighted by Crippen LogP contribution is 2.17. The van der Waals surface area contributed by atoms with Gasteiger partial charge in [0.2, 0.25) is 5.91 Å². The van der Waals surface area contributed by atoms with Crippen molar-refractivity contribution >= 4 is 5.91 Å². The number of amides is 1. The van der Waals surface area contributed by atoms with Crippen molar-refractivity contribution in [3.8, 4) is 0 Å². The molecule has 0 aromatic rings. The fourth-order valence-corrected chi connectivity index (χ4v) is 1.93. The Kier molecular flexibility index (Phi) is 4.39. The van der Waals surface area contributed by atoms with Crippen LogP contribution in [-0.2, 0) is 4.79 Å². The average Bonchev–Trinajstić information content (AvgIpc) is 2.25. The van der Waals surface area contributed by atoms with Crippen molar-refractivity contribution in [3.05, 3.63) is 0 Å². The minimum absolute atomic E-state index is 0.260. The highest BCUT2D eigenvalue weighted by atomic mass is 16.3. The molecule has 0 spiro atoms. The maximum absolute atomic E-state index is 11.7. The number of hydrogen-bond acceptors (Lipinski definition) is 2. The molecule has 1 N–H and O–H groups in total. The van der Waals surface area contributed by atoms with Crippen molar-refractivity contribution in [1.29, 1.82) is 0 Å². The first-order chi connectivity index (χ1) is 6.61. The molecule has 0 radical (unpaired) electrons. The fourth-order valence-electron chi connectivity index (χ4n) is 1.93. The van der Waals surface area contributed by atoms with E-state index in [-0.39, 0.29) is 12.0 Å². The molecule has 1 aliphatic rings. The summed E-state index contributed by atoms with van der Waals surface area (Å²) in [5, 5.41) is 9.19. The van der Waals surface area contributed by atoms with Crippen molar-refractivity contribution < 1.29 is 9.90 Å². The average molecular weight is 199 g/mol. The van der Waals surface area contributed by atoms with Gasteiger partial charge >= 0.3 is 0 Å². The molecule has 14 heavy (non-hydrogen) atoms. The Bertz CT molecular complexity index is 192. The van der Waals surface area contributed by atoms with Crippen LogP contribution in [0.1, 0.15) is 46.0 Å². The van der Waals surface area contributed by atoms with Crippen molar-refractivity contribution in [2.75, 3.05) is 6.54 Å². The number of likely N-dealkylation sites (tertiary alicyclic amines) is 1. The fraction of sp³-hybridized carbons (Fsp3) is 0.909. The molecule has 1 heterocycles. The van der Waals surface area contributed by atoms with Crippen LogP contribution in [-0.4, -0.2) is 34.6 Å². The number of carbonyl (C=O) groups is 1. The van der Waals surface area contributed by atoms with Crippen LogP contribution >= 0.6 is 0 Å². The summed E-state index contributed by atoms with van der Waals surface area (Å²) >= 11 is 0. The molecule has 0 aromatic heterocycles. The quantitative estimate of drug-likeness (QED) is 0.749. The van der Waals surface area contributed by atoms with E-state index in [0.29, 0.717) is 25.4 Å². The SMILES string of the molecule is CC(O)CCN1C(=O)CCCCC1C. The Morgan fingerprint density at radius 2 is 2.29 bits per heavy atom. The van der Waals surface area contributed by atoms with Crippen LogP contribution in [0, 0.1) is 0 Å². The summed E-state index contributed by atoms with van der Waals surface area (Å²) in [6.07, 6.45) is 4.34. The van der Waals surface area contributed by atoms with E-state index in [9.17, 15) is 9.90 Å². The number of hydrogen-bond donors (Lipinski definition) is 1. The van der Waals surface area contributed by atoms with E-state index >= 15 is 0 Å². The Morgan fingerprint density at radius 3 is 2.93 bits per heavy atom. The summed E-state index contributed by atoms with van der Waals surface area (Å²) in [4.78, 5) is 13.6. The van der Waals surface area contributed by atoms with Gasteiger partial charge in [0, 0.05) is 19.0 Å². The lowest BCUT2D eigenvalue weighted by Gasteiger charge is -2.27. The first kappa shape index (κ1) is 11.5. The lowest BCUT2D eigenvalue weighted by molar-refractivity contribution is -0.132. The van der Waals surface area contributed by atoms with Crippen LogP contribution in [0.3, 0.4) is 0 Å². The van der Waals surface area contributed by atoms with Gasteiger partial charge in [0.15, 0.2) is 0 Å². The first-order valence-corrected chi connectivity index (χ1v) is 5.59. The standard InChI is InChI=1S/C11H21NO2/c1-9-5-3-4-6-11(14)12(9)8-7-10(2)13/h9-10,13H,3-8H2,1-2H3. The largest absolute Gasteiger partial charge is 0.393 e. The minimum Gasteiger partial charge on any atom is -0.393 e. The van der Waals surface area contributed by atoms with Crippen molar-refractivity contribution in [2.24, 2.45) is 0 Å². The van der Waals surface area contributed by atoms with E-state index in [1.807, 2.05) is 4.90 Å². The summed E-state index contributed by atoms with van der Waals surface area (Å²) in [5.74, 6) is 0.260. The molecule has 1 fully saturated rings. The lowest BCUT2D eigenvalue weighted by atomic mass is 10.1. The highest BCUT2D eigenvalue weighted by Gasteiger charge is 2.22. The predicted octanol–water partition coefficient (Wildman–Crippen LogP) is 1.55. The molecular weight excluding hydrogens is 178 g/mol. The van der Waals surface area contributed by atoms with Crippen molar-refractivity contribution in [2.45, 2.75) is 58.1 Å². The number of aliphatic hydroxyl groups excluding tert-OH is 1. The minimum atomic E-state index is -0.307. The third kappa shape index (κ3) is 3.29. The van der Waals surface area contributed by atoms with E-state index in [4.69, 9.17) is 0 Å². The number of nitrogens with zero attached hydrogens (tertiary/aromatic N) is 1. The molecule has 0 saturated carbocycles. The van der Waals surface area contributed by atoms with Crippen LogP contribution in [0.2, 0.25) is 0 Å². The molecule has 1 rings (SSSR count). The second-order valence-electron chi connectivity index (χ2n) is 4.32. The molecule has 1 aliphatic heterocycles. The zero-order chi connectivity index (χ0) is 10.6. The van der Waals surface area contributed by atoms with Gasteiger partial charge in [-0.05, 0) is 33.1 Å². The Hall–Kier alpha value is -0.570. The Labute approximate surface area is 86.1 Å². The molecule has 0 aromatic carbocycles. The molecule has 1 amide bonds. The van der Waals surface area contributed by atoms with Crippen LogP contribution in [0.5, 0.6) is 0 Å². The normalized spacial score (nSPS) is 26.1. The number of aliphatic hydroxyl groups is 1. The Balaban J connectivity index is 2.47. The molecular formula is C11H21NO2. The van der Waals surface area contributed by atoms with Gasteiger partial charge in [0.1, 0.15) is 0 Å². The van der Waals surface area contributed by atoms with Crippen LogP contribution in [0.25, 0.3) is 0 Å². The number of carbonyl (C=O) groups excluding carboxylic acids is 1. The van der Waals surface area contributed by atoms with Gasteiger partial charge in [0.05, 0.1) is 6.10 Å². The molecule has 82 valence electrons. The molecule has 0 bridgehead atoms. The first-order valence-electron chi connectivity index (χ1n) is 5.59. The van der Waals surface area contributed by atoms with Gasteiger partial charge in [-0.15, -0.1) is 0 Å². The second kappa shape index (κ2) is 5.35. The monoisotopic (exact) mass is 199 g/mol. The van der Waals surface area contributed by atoms with Crippen LogP contribution in [0.15, 0.2) is 0 Å². The maximum Gasteiger partial charge on any atom is 0.222 e. The molecule has 3 nitrogen and oxygen atoms in total. The molecule has 0 aliphatic carbocycles. The zero-order valence-electron chi connectivity index (χ0n) is 9.20. The predicted molar refractivity (Wildman–Crippen MR) is 55.9 cm³/mol. The van der Waals surface area contributed by atoms with Gasteiger partial charge in [-0.3, -0.25) is 4.79 Å². The summed E-state index contributed by atoms with van der Waals surface area (Å²) < 4.78 is 0.